The van der Waals surface area contributed by atoms with E-state index >= 15 is 0 Å². The Hall–Kier alpha value is -1.47. The molecule has 0 saturated carbocycles. The van der Waals surface area contributed by atoms with Crippen molar-refractivity contribution in [2.45, 2.75) is 6.42 Å². The van der Waals surface area contributed by atoms with Crippen molar-refractivity contribution in [1.82, 2.24) is 9.27 Å². The summed E-state index contributed by atoms with van der Waals surface area (Å²) in [5.41, 5.74) is 2.16. The van der Waals surface area contributed by atoms with E-state index in [2.05, 4.69) is 56.5 Å². The van der Waals surface area contributed by atoms with E-state index in [1.165, 1.54) is 16.9 Å². The van der Waals surface area contributed by atoms with Crippen molar-refractivity contribution < 1.29 is 9.47 Å². The van der Waals surface area contributed by atoms with E-state index in [0.717, 1.165) is 52.3 Å². The smallest absolute Gasteiger partial charge is 0.120 e. The van der Waals surface area contributed by atoms with Crippen molar-refractivity contribution in [3.05, 3.63) is 46.9 Å². The highest BCUT2D eigenvalue weighted by molar-refractivity contribution is 9.10. The second-order valence-electron chi connectivity index (χ2n) is 6.19. The Bertz CT molecular complexity index is 835. The number of nitrogens with zero attached hydrogens (tertiary/aromatic N) is 2. The molecule has 0 bridgehead atoms. The first-order valence-corrected chi connectivity index (χ1v) is 10.2. The molecule has 0 aliphatic carbocycles. The summed E-state index contributed by atoms with van der Waals surface area (Å²) in [5, 5.41) is 1.17. The van der Waals surface area contributed by atoms with E-state index < -0.39 is 0 Å². The van der Waals surface area contributed by atoms with Crippen molar-refractivity contribution in [3.8, 4) is 17.0 Å². The number of aromatic nitrogens is 1. The fourth-order valence-corrected chi connectivity index (χ4v) is 3.80. The highest BCUT2D eigenvalue weighted by atomic mass is 79.9. The average Bonchev–Trinajstić information content (AvgIpc) is 3.07. The number of hydrogen-bond acceptors (Lipinski definition) is 5. The Morgan fingerprint density at radius 3 is 2.65 bits per heavy atom. The number of benzene rings is 2. The van der Waals surface area contributed by atoms with Gasteiger partial charge < -0.3 is 14.4 Å². The molecule has 0 amide bonds. The standard InChI is InChI=1S/C20H23BrN2O2S/c1-23(11-13-24-2)10-3-12-25-17-8-9-18-19(14-17)26-22-20(18)15-4-6-16(21)7-5-15/h4-9,14H,3,10-13H2,1-2H3. The summed E-state index contributed by atoms with van der Waals surface area (Å²) in [6, 6.07) is 14.5. The minimum absolute atomic E-state index is 0.710. The lowest BCUT2D eigenvalue weighted by atomic mass is 10.1. The number of hydrogen-bond donors (Lipinski definition) is 0. The van der Waals surface area contributed by atoms with Gasteiger partial charge in [0.05, 0.1) is 23.6 Å². The normalized spacial score (nSPS) is 11.4. The fourth-order valence-electron chi connectivity index (χ4n) is 2.71. The minimum atomic E-state index is 0.710. The Balaban J connectivity index is 1.59. The van der Waals surface area contributed by atoms with E-state index in [4.69, 9.17) is 9.47 Å². The first kappa shape index (κ1) is 19.3. The number of likely N-dealkylation sites (N-methyl/N-ethyl adjacent to an activating group) is 1. The van der Waals surface area contributed by atoms with Crippen LogP contribution in [0.3, 0.4) is 0 Å². The number of fused-ring (bicyclic) bond motifs is 1. The predicted octanol–water partition coefficient (Wildman–Crippen LogP) is 5.07. The summed E-state index contributed by atoms with van der Waals surface area (Å²) in [6.45, 7) is 3.42. The molecular weight excluding hydrogens is 412 g/mol. The third-order valence-electron chi connectivity index (χ3n) is 4.19. The Morgan fingerprint density at radius 1 is 1.08 bits per heavy atom. The number of halogens is 1. The number of methoxy groups -OCH3 is 1. The van der Waals surface area contributed by atoms with Gasteiger partial charge in [-0.05, 0) is 55.3 Å². The van der Waals surface area contributed by atoms with Crippen LogP contribution in [0, 0.1) is 0 Å². The quantitative estimate of drug-likeness (QED) is 0.440. The molecule has 1 aromatic heterocycles. The maximum absolute atomic E-state index is 5.91. The molecule has 26 heavy (non-hydrogen) atoms. The molecule has 1 heterocycles. The summed E-state index contributed by atoms with van der Waals surface area (Å²) in [4.78, 5) is 2.25. The monoisotopic (exact) mass is 434 g/mol. The maximum Gasteiger partial charge on any atom is 0.120 e. The summed E-state index contributed by atoms with van der Waals surface area (Å²) in [5.74, 6) is 0.906. The molecule has 0 unspecified atom stereocenters. The third kappa shape index (κ3) is 5.04. The largest absolute Gasteiger partial charge is 0.493 e. The lowest BCUT2D eigenvalue weighted by Gasteiger charge is -2.15. The van der Waals surface area contributed by atoms with Crippen LogP contribution in [0.1, 0.15) is 6.42 Å². The maximum atomic E-state index is 5.91. The molecule has 0 saturated heterocycles. The van der Waals surface area contributed by atoms with Crippen molar-refractivity contribution in [2.24, 2.45) is 0 Å². The van der Waals surface area contributed by atoms with Gasteiger partial charge in [-0.2, -0.15) is 4.37 Å². The van der Waals surface area contributed by atoms with Crippen LogP contribution in [0.4, 0.5) is 0 Å². The molecule has 138 valence electrons. The van der Waals surface area contributed by atoms with Gasteiger partial charge in [-0.1, -0.05) is 28.1 Å². The predicted molar refractivity (Wildman–Crippen MR) is 112 cm³/mol. The molecule has 0 fully saturated rings. The van der Waals surface area contributed by atoms with Crippen LogP contribution in [0.15, 0.2) is 46.9 Å². The Labute approximate surface area is 167 Å². The highest BCUT2D eigenvalue weighted by Gasteiger charge is 2.09. The molecule has 0 aliphatic heterocycles. The number of rotatable bonds is 9. The molecule has 0 atom stereocenters. The molecular formula is C20H23BrN2O2S. The van der Waals surface area contributed by atoms with Gasteiger partial charge in [0.2, 0.25) is 0 Å². The first-order valence-electron chi connectivity index (χ1n) is 8.63. The zero-order valence-electron chi connectivity index (χ0n) is 15.1. The van der Waals surface area contributed by atoms with Gasteiger partial charge in [-0.3, -0.25) is 0 Å². The molecule has 0 radical (unpaired) electrons. The van der Waals surface area contributed by atoms with Gasteiger partial charge >= 0.3 is 0 Å². The molecule has 0 spiro atoms. The molecule has 0 aliphatic rings. The van der Waals surface area contributed by atoms with E-state index in [1.54, 1.807) is 7.11 Å². The lowest BCUT2D eigenvalue weighted by Crippen LogP contribution is -2.25. The summed E-state index contributed by atoms with van der Waals surface area (Å²) < 4.78 is 17.9. The lowest BCUT2D eigenvalue weighted by molar-refractivity contribution is 0.157. The van der Waals surface area contributed by atoms with E-state index in [1.807, 2.05) is 18.2 Å². The molecule has 3 rings (SSSR count). The van der Waals surface area contributed by atoms with Crippen LogP contribution in [0.2, 0.25) is 0 Å². The zero-order chi connectivity index (χ0) is 18.4. The van der Waals surface area contributed by atoms with Gasteiger partial charge in [-0.25, -0.2) is 0 Å². The van der Waals surface area contributed by atoms with Crippen molar-refractivity contribution in [3.63, 3.8) is 0 Å². The van der Waals surface area contributed by atoms with Crippen LogP contribution in [0.25, 0.3) is 21.3 Å². The van der Waals surface area contributed by atoms with Crippen LogP contribution in [-0.2, 0) is 4.74 Å². The van der Waals surface area contributed by atoms with Crippen molar-refractivity contribution >= 4 is 37.5 Å². The minimum Gasteiger partial charge on any atom is -0.493 e. The summed E-state index contributed by atoms with van der Waals surface area (Å²) >= 11 is 4.99. The average molecular weight is 435 g/mol. The highest BCUT2D eigenvalue weighted by Crippen LogP contribution is 2.33. The first-order chi connectivity index (χ1) is 12.7. The molecule has 0 N–H and O–H groups in total. The Morgan fingerprint density at radius 2 is 1.88 bits per heavy atom. The summed E-state index contributed by atoms with van der Waals surface area (Å²) in [6.07, 6.45) is 0.991. The Kier molecular flexibility index (Phi) is 7.02. The van der Waals surface area contributed by atoms with E-state index in [9.17, 15) is 0 Å². The van der Waals surface area contributed by atoms with Gasteiger partial charge in [-0.15, -0.1) is 0 Å². The van der Waals surface area contributed by atoms with E-state index in [0.29, 0.717) is 6.61 Å². The van der Waals surface area contributed by atoms with Crippen LogP contribution in [0.5, 0.6) is 5.75 Å². The molecule has 2 aromatic carbocycles. The third-order valence-corrected chi connectivity index (χ3v) is 5.53. The van der Waals surface area contributed by atoms with Gasteiger partial charge in [0.15, 0.2) is 0 Å². The van der Waals surface area contributed by atoms with Crippen molar-refractivity contribution in [2.75, 3.05) is 40.5 Å². The second kappa shape index (κ2) is 9.46. The van der Waals surface area contributed by atoms with Crippen LogP contribution < -0.4 is 4.74 Å². The molecule has 4 nitrogen and oxygen atoms in total. The van der Waals surface area contributed by atoms with Gasteiger partial charge in [0.1, 0.15) is 5.75 Å². The topological polar surface area (TPSA) is 34.6 Å². The second-order valence-corrected chi connectivity index (χ2v) is 7.91. The van der Waals surface area contributed by atoms with Crippen LogP contribution in [-0.4, -0.2) is 49.7 Å². The van der Waals surface area contributed by atoms with Crippen molar-refractivity contribution in [1.29, 1.82) is 0 Å². The number of ether oxygens (including phenoxy) is 2. The molecule has 6 heteroatoms. The van der Waals surface area contributed by atoms with E-state index in [-0.39, 0.29) is 0 Å². The summed E-state index contributed by atoms with van der Waals surface area (Å²) in [7, 11) is 3.83. The fraction of sp³-hybridized carbons (Fsp3) is 0.350. The van der Waals surface area contributed by atoms with Crippen LogP contribution >= 0.6 is 27.5 Å². The van der Waals surface area contributed by atoms with Gasteiger partial charge in [0, 0.05) is 35.6 Å². The van der Waals surface area contributed by atoms with Gasteiger partial charge in [0.25, 0.3) is 0 Å². The molecule has 3 aromatic rings. The zero-order valence-corrected chi connectivity index (χ0v) is 17.5. The SMILES string of the molecule is COCCN(C)CCCOc1ccc2c(-c3ccc(Br)cc3)nsc2c1.